The number of unbranched alkanes of at least 4 members (excludes halogenated alkanes) is 2. The summed E-state index contributed by atoms with van der Waals surface area (Å²) in [6.45, 7) is 11.4. The van der Waals surface area contributed by atoms with Crippen molar-refractivity contribution in [3.05, 3.63) is 22.7 Å². The van der Waals surface area contributed by atoms with Gasteiger partial charge < -0.3 is 24.3 Å². The Hall–Kier alpha value is -3.29. The van der Waals surface area contributed by atoms with E-state index in [9.17, 15) is 19.2 Å². The molecule has 2 rings (SSSR count). The van der Waals surface area contributed by atoms with E-state index in [0.29, 0.717) is 23.8 Å². The molecule has 2 heterocycles. The van der Waals surface area contributed by atoms with Gasteiger partial charge >= 0.3 is 23.8 Å². The molecule has 226 valence electrons. The zero-order valence-corrected chi connectivity index (χ0v) is 24.0. The highest BCUT2D eigenvalue weighted by Crippen LogP contribution is 2.46. The van der Waals surface area contributed by atoms with E-state index in [1.165, 1.54) is 13.0 Å². The number of amides is 2. The third-order valence-corrected chi connectivity index (χ3v) is 5.64. The van der Waals surface area contributed by atoms with Crippen LogP contribution in [0.5, 0.6) is 0 Å². The van der Waals surface area contributed by atoms with Gasteiger partial charge in [-0.25, -0.2) is 23.2 Å². The second kappa shape index (κ2) is 13.4. The lowest BCUT2D eigenvalue weighted by Crippen LogP contribution is -2.38. The van der Waals surface area contributed by atoms with E-state index in [4.69, 9.17) is 18.9 Å². The lowest BCUT2D eigenvalue weighted by Gasteiger charge is -2.22. The molecule has 2 amide bonds. The fraction of sp³-hybridized carbons (Fsp3) is 0.731. The average molecular weight is 575 g/mol. The Bertz CT molecular complexity index is 1100. The van der Waals surface area contributed by atoms with Crippen LogP contribution >= 0.6 is 0 Å². The Morgan fingerprint density at radius 2 is 1.70 bits per heavy atom. The van der Waals surface area contributed by atoms with Crippen LogP contribution in [-0.4, -0.2) is 64.1 Å². The molecule has 0 unspecified atom stereocenters. The van der Waals surface area contributed by atoms with E-state index in [1.54, 1.807) is 41.5 Å². The quantitative estimate of drug-likeness (QED) is 0.236. The van der Waals surface area contributed by atoms with E-state index in [-0.39, 0.29) is 24.8 Å². The first-order valence-corrected chi connectivity index (χ1v) is 13.1. The third-order valence-electron chi connectivity index (χ3n) is 5.64. The number of aromatic nitrogens is 2. The predicted molar refractivity (Wildman–Crippen MR) is 140 cm³/mol. The molecule has 0 radical (unpaired) electrons. The molecule has 14 heteroatoms. The first-order valence-electron chi connectivity index (χ1n) is 13.1. The van der Waals surface area contributed by atoms with E-state index in [1.807, 2.05) is 0 Å². The van der Waals surface area contributed by atoms with Gasteiger partial charge in [-0.3, -0.25) is 14.7 Å². The third kappa shape index (κ3) is 10.4. The molecule has 1 aliphatic rings. The minimum atomic E-state index is -3.48. The number of nitrogens with one attached hydrogen (secondary N) is 2. The largest absolute Gasteiger partial charge is 0.460 e. The van der Waals surface area contributed by atoms with Crippen LogP contribution in [0, 0.1) is 5.92 Å². The second-order valence-corrected chi connectivity index (χ2v) is 11.5. The van der Waals surface area contributed by atoms with Crippen LogP contribution in [0.1, 0.15) is 80.4 Å². The Balaban J connectivity index is 1.82. The summed E-state index contributed by atoms with van der Waals surface area (Å²) in [5.74, 6) is -5.33. The van der Waals surface area contributed by atoms with Gasteiger partial charge in [-0.15, -0.1) is 0 Å². The number of hydrogen-bond donors (Lipinski definition) is 2. The molecule has 1 aliphatic heterocycles. The number of anilines is 1. The lowest BCUT2D eigenvalue weighted by molar-refractivity contribution is -0.154. The standard InChI is InChI=1S/C26H40F2N4O8/c1-16-17(15-37-22(35)29-13-10-8-9-11-19(33)39-24(2,3)4)38-20(26(16,27)28)32-14-12-18(30-21(32)34)31-23(36)40-25(5,6)7/h12,14,16-17,20H,8-11,13,15H2,1-7H3,(H,29,35)(H,30,31,34,36)/t16-,17+,20+/m0/s1. The molecule has 1 aromatic rings. The Morgan fingerprint density at radius 1 is 1.05 bits per heavy atom. The number of carbonyl (C=O) groups excluding carboxylic acids is 3. The smallest absolute Gasteiger partial charge is 0.413 e. The highest BCUT2D eigenvalue weighted by Gasteiger charge is 2.58. The molecule has 3 atom stereocenters. The van der Waals surface area contributed by atoms with Gasteiger partial charge in [-0.2, -0.15) is 4.98 Å². The van der Waals surface area contributed by atoms with Crippen molar-refractivity contribution < 1.29 is 42.1 Å². The highest BCUT2D eigenvalue weighted by atomic mass is 19.3. The summed E-state index contributed by atoms with van der Waals surface area (Å²) in [4.78, 5) is 51.7. The van der Waals surface area contributed by atoms with E-state index < -0.39 is 59.9 Å². The van der Waals surface area contributed by atoms with Crippen LogP contribution in [0.4, 0.5) is 24.2 Å². The summed E-state index contributed by atoms with van der Waals surface area (Å²) < 4.78 is 51.4. The summed E-state index contributed by atoms with van der Waals surface area (Å²) in [7, 11) is 0. The summed E-state index contributed by atoms with van der Waals surface area (Å²) in [6.07, 6.45) is -1.67. The van der Waals surface area contributed by atoms with E-state index in [2.05, 4.69) is 15.6 Å². The Labute approximate surface area is 232 Å². The maximum absolute atomic E-state index is 15.0. The number of halogens is 2. The van der Waals surface area contributed by atoms with E-state index >= 15 is 8.78 Å². The summed E-state index contributed by atoms with van der Waals surface area (Å²) in [6, 6.07) is 1.17. The van der Waals surface area contributed by atoms with Crippen LogP contribution < -0.4 is 16.3 Å². The molecule has 0 saturated carbocycles. The molecular formula is C26H40F2N4O8. The van der Waals surface area contributed by atoms with Crippen molar-refractivity contribution in [3.63, 3.8) is 0 Å². The van der Waals surface area contributed by atoms with Crippen LogP contribution in [-0.2, 0) is 23.7 Å². The molecule has 1 fully saturated rings. The van der Waals surface area contributed by atoms with Crippen molar-refractivity contribution in [2.24, 2.45) is 5.92 Å². The van der Waals surface area contributed by atoms with Gasteiger partial charge in [-0.05, 0) is 60.5 Å². The molecule has 0 bridgehead atoms. The minimum absolute atomic E-state index is 0.175. The first kappa shape index (κ1) is 32.9. The Morgan fingerprint density at radius 3 is 2.30 bits per heavy atom. The van der Waals surface area contributed by atoms with Crippen molar-refractivity contribution in [1.29, 1.82) is 0 Å². The van der Waals surface area contributed by atoms with Crippen molar-refractivity contribution >= 4 is 24.0 Å². The molecule has 1 saturated heterocycles. The number of hydrogen-bond acceptors (Lipinski definition) is 9. The number of alkyl carbamates (subject to hydrolysis) is 1. The van der Waals surface area contributed by atoms with Gasteiger partial charge in [0.2, 0.25) is 6.23 Å². The Kier molecular flexibility index (Phi) is 11.0. The lowest BCUT2D eigenvalue weighted by atomic mass is 10.00. The normalized spacial score (nSPS) is 20.5. The van der Waals surface area contributed by atoms with Gasteiger partial charge in [0.05, 0.1) is 5.92 Å². The van der Waals surface area contributed by atoms with Crippen molar-refractivity contribution in [2.75, 3.05) is 18.5 Å². The molecule has 12 nitrogen and oxygen atoms in total. The molecule has 0 aliphatic carbocycles. The topological polar surface area (TPSA) is 147 Å². The maximum Gasteiger partial charge on any atom is 0.413 e. The number of ether oxygens (including phenoxy) is 4. The molecule has 0 aromatic carbocycles. The second-order valence-electron chi connectivity index (χ2n) is 11.5. The van der Waals surface area contributed by atoms with Crippen LogP contribution in [0.2, 0.25) is 0 Å². The fourth-order valence-electron chi connectivity index (χ4n) is 3.71. The summed E-state index contributed by atoms with van der Waals surface area (Å²) in [5, 5.41) is 4.80. The van der Waals surface area contributed by atoms with Gasteiger partial charge in [0.25, 0.3) is 5.92 Å². The highest BCUT2D eigenvalue weighted by molar-refractivity contribution is 5.83. The average Bonchev–Trinajstić information content (AvgIpc) is 3.01. The molecule has 0 spiro atoms. The van der Waals surface area contributed by atoms with E-state index in [0.717, 1.165) is 6.20 Å². The SMILES string of the molecule is C[C@H]1[C@@H](COC(=O)NCCCCCC(=O)OC(C)(C)C)O[C@@H](n2ccc(NC(=O)OC(C)(C)C)nc2=O)C1(F)F. The number of rotatable bonds is 10. The van der Waals surface area contributed by atoms with Crippen molar-refractivity contribution in [1.82, 2.24) is 14.9 Å². The summed E-state index contributed by atoms with van der Waals surface area (Å²) in [5.41, 5.74) is -2.39. The van der Waals surface area contributed by atoms with Crippen LogP contribution in [0.3, 0.4) is 0 Å². The fourth-order valence-corrected chi connectivity index (χ4v) is 3.71. The van der Waals surface area contributed by atoms with Crippen LogP contribution in [0.15, 0.2) is 17.1 Å². The van der Waals surface area contributed by atoms with Gasteiger partial charge in [0.15, 0.2) is 0 Å². The molecule has 2 N–H and O–H groups in total. The number of nitrogens with zero attached hydrogens (tertiary/aromatic N) is 2. The number of carbonyl (C=O) groups is 3. The maximum atomic E-state index is 15.0. The monoisotopic (exact) mass is 574 g/mol. The van der Waals surface area contributed by atoms with Crippen molar-refractivity contribution in [2.45, 2.75) is 104 Å². The number of esters is 1. The molecular weight excluding hydrogens is 534 g/mol. The molecule has 40 heavy (non-hydrogen) atoms. The summed E-state index contributed by atoms with van der Waals surface area (Å²) >= 11 is 0. The number of alkyl halides is 2. The predicted octanol–water partition coefficient (Wildman–Crippen LogP) is 4.39. The van der Waals surface area contributed by atoms with Crippen molar-refractivity contribution in [3.8, 4) is 0 Å². The zero-order chi connectivity index (χ0) is 30.3. The molecule has 1 aromatic heterocycles. The van der Waals surface area contributed by atoms with Gasteiger partial charge in [0.1, 0.15) is 29.7 Å². The zero-order valence-electron chi connectivity index (χ0n) is 24.0. The van der Waals surface area contributed by atoms with Crippen LogP contribution in [0.25, 0.3) is 0 Å². The first-order chi connectivity index (χ1) is 18.4. The minimum Gasteiger partial charge on any atom is -0.460 e. The van der Waals surface area contributed by atoms with Gasteiger partial charge in [0, 0.05) is 19.2 Å². The van der Waals surface area contributed by atoms with Gasteiger partial charge in [-0.1, -0.05) is 13.3 Å².